The summed E-state index contributed by atoms with van der Waals surface area (Å²) in [7, 11) is 0. The lowest BCUT2D eigenvalue weighted by atomic mass is 10.0. The second kappa shape index (κ2) is 5.83. The first kappa shape index (κ1) is 13.5. The number of hydrogen-bond donors (Lipinski definition) is 0. The minimum atomic E-state index is -0.601. The molecule has 1 heterocycles. The Labute approximate surface area is 119 Å². The van der Waals surface area contributed by atoms with Crippen molar-refractivity contribution in [2.75, 3.05) is 13.2 Å². The number of rotatable bonds is 4. The standard InChI is InChI=1S/C13H16Br2O2/c1-2-11(14)13(16-8-9-17-13)12(15)10-6-4-3-5-7-10/h3-7,11-12H,2,8-9H2,1H3. The number of benzene rings is 1. The molecule has 0 saturated carbocycles. The Morgan fingerprint density at radius 2 is 1.76 bits per heavy atom. The van der Waals surface area contributed by atoms with Crippen LogP contribution < -0.4 is 0 Å². The van der Waals surface area contributed by atoms with E-state index < -0.39 is 5.79 Å². The third-order valence-corrected chi connectivity index (χ3v) is 5.43. The van der Waals surface area contributed by atoms with Crippen molar-refractivity contribution in [1.82, 2.24) is 0 Å². The molecule has 1 aromatic rings. The Balaban J connectivity index is 2.28. The average Bonchev–Trinajstić information content (AvgIpc) is 2.88. The van der Waals surface area contributed by atoms with Crippen LogP contribution in [0.3, 0.4) is 0 Å². The predicted molar refractivity (Wildman–Crippen MR) is 75.8 cm³/mol. The molecule has 17 heavy (non-hydrogen) atoms. The molecule has 94 valence electrons. The largest absolute Gasteiger partial charge is 0.345 e. The van der Waals surface area contributed by atoms with Crippen LogP contribution in [0.1, 0.15) is 23.7 Å². The Hall–Kier alpha value is 0.1000. The lowest BCUT2D eigenvalue weighted by Crippen LogP contribution is -2.43. The number of halogens is 2. The summed E-state index contributed by atoms with van der Waals surface area (Å²) in [5.41, 5.74) is 1.17. The number of alkyl halides is 2. The number of ether oxygens (including phenoxy) is 2. The van der Waals surface area contributed by atoms with Crippen LogP contribution in [0.2, 0.25) is 0 Å². The number of hydrogen-bond acceptors (Lipinski definition) is 2. The maximum Gasteiger partial charge on any atom is 0.197 e. The van der Waals surface area contributed by atoms with E-state index in [0.29, 0.717) is 13.2 Å². The monoisotopic (exact) mass is 362 g/mol. The zero-order valence-electron chi connectivity index (χ0n) is 9.74. The molecule has 0 spiro atoms. The molecule has 2 atom stereocenters. The van der Waals surface area contributed by atoms with E-state index in [1.54, 1.807) is 0 Å². The maximum absolute atomic E-state index is 5.89. The molecule has 0 bridgehead atoms. The van der Waals surface area contributed by atoms with Crippen LogP contribution in [0.4, 0.5) is 0 Å². The van der Waals surface area contributed by atoms with Crippen molar-refractivity contribution >= 4 is 31.9 Å². The fourth-order valence-electron chi connectivity index (χ4n) is 2.07. The van der Waals surface area contributed by atoms with Gasteiger partial charge in [-0.2, -0.15) is 0 Å². The first-order chi connectivity index (χ1) is 8.20. The molecular weight excluding hydrogens is 348 g/mol. The van der Waals surface area contributed by atoms with E-state index >= 15 is 0 Å². The summed E-state index contributed by atoms with van der Waals surface area (Å²) in [6.07, 6.45) is 0.953. The second-order valence-corrected chi connectivity index (χ2v) is 6.09. The fraction of sp³-hybridized carbons (Fsp3) is 0.538. The summed E-state index contributed by atoms with van der Waals surface area (Å²) in [6.45, 7) is 3.42. The van der Waals surface area contributed by atoms with Gasteiger partial charge in [-0.15, -0.1) is 0 Å². The van der Waals surface area contributed by atoms with Gasteiger partial charge in [0.2, 0.25) is 0 Å². The smallest absolute Gasteiger partial charge is 0.197 e. The minimum absolute atomic E-state index is 0.0306. The van der Waals surface area contributed by atoms with Crippen LogP contribution in [0, 0.1) is 0 Å². The molecule has 0 amide bonds. The van der Waals surface area contributed by atoms with Crippen LogP contribution in [-0.4, -0.2) is 23.8 Å². The molecule has 2 unspecified atom stereocenters. The summed E-state index contributed by atoms with van der Waals surface area (Å²) >= 11 is 7.41. The zero-order valence-corrected chi connectivity index (χ0v) is 12.9. The molecule has 0 radical (unpaired) electrons. The molecule has 0 aromatic heterocycles. The van der Waals surface area contributed by atoms with Crippen LogP contribution in [0.15, 0.2) is 30.3 Å². The molecule has 2 nitrogen and oxygen atoms in total. The Kier molecular flexibility index (Phi) is 4.64. The van der Waals surface area contributed by atoms with Crippen LogP contribution >= 0.6 is 31.9 Å². The van der Waals surface area contributed by atoms with Crippen molar-refractivity contribution in [3.63, 3.8) is 0 Å². The molecule has 1 saturated heterocycles. The van der Waals surface area contributed by atoms with E-state index in [1.807, 2.05) is 18.2 Å². The van der Waals surface area contributed by atoms with Gasteiger partial charge < -0.3 is 9.47 Å². The normalized spacial score (nSPS) is 22.3. The van der Waals surface area contributed by atoms with E-state index in [2.05, 4.69) is 50.9 Å². The van der Waals surface area contributed by atoms with Gasteiger partial charge in [0.15, 0.2) is 5.79 Å². The molecule has 1 aromatic carbocycles. The summed E-state index contributed by atoms with van der Waals surface area (Å²) in [5.74, 6) is -0.601. The molecule has 0 aliphatic carbocycles. The van der Waals surface area contributed by atoms with Crippen molar-refractivity contribution in [2.24, 2.45) is 0 Å². The molecule has 1 aliphatic rings. The summed E-state index contributed by atoms with van der Waals surface area (Å²) in [6, 6.07) is 10.2. The molecule has 2 rings (SSSR count). The highest BCUT2D eigenvalue weighted by molar-refractivity contribution is 9.10. The van der Waals surface area contributed by atoms with Gasteiger partial charge in [0.25, 0.3) is 0 Å². The van der Waals surface area contributed by atoms with E-state index in [0.717, 1.165) is 6.42 Å². The van der Waals surface area contributed by atoms with Gasteiger partial charge in [-0.3, -0.25) is 0 Å². The van der Waals surface area contributed by atoms with Crippen LogP contribution in [0.25, 0.3) is 0 Å². The quantitative estimate of drug-likeness (QED) is 0.751. The molecule has 4 heteroatoms. The van der Waals surface area contributed by atoms with Crippen molar-refractivity contribution in [2.45, 2.75) is 28.8 Å². The second-order valence-electron chi connectivity index (χ2n) is 4.07. The topological polar surface area (TPSA) is 18.5 Å². The summed E-state index contributed by atoms with van der Waals surface area (Å²) < 4.78 is 11.8. The van der Waals surface area contributed by atoms with Crippen molar-refractivity contribution in [1.29, 1.82) is 0 Å². The van der Waals surface area contributed by atoms with Crippen molar-refractivity contribution in [3.05, 3.63) is 35.9 Å². The van der Waals surface area contributed by atoms with Gasteiger partial charge in [-0.25, -0.2) is 0 Å². The highest BCUT2D eigenvalue weighted by Gasteiger charge is 2.48. The molecule has 1 fully saturated rings. The van der Waals surface area contributed by atoms with Gasteiger partial charge in [-0.1, -0.05) is 69.1 Å². The maximum atomic E-state index is 5.89. The lowest BCUT2D eigenvalue weighted by Gasteiger charge is -2.36. The minimum Gasteiger partial charge on any atom is -0.345 e. The zero-order chi connectivity index (χ0) is 12.3. The van der Waals surface area contributed by atoms with Gasteiger partial charge in [0, 0.05) is 0 Å². The lowest BCUT2D eigenvalue weighted by molar-refractivity contribution is -0.155. The summed E-state index contributed by atoms with van der Waals surface area (Å²) in [4.78, 5) is 0.199. The average molecular weight is 364 g/mol. The van der Waals surface area contributed by atoms with E-state index in [4.69, 9.17) is 9.47 Å². The predicted octanol–water partition coefficient (Wildman–Crippen LogP) is 4.04. The Morgan fingerprint density at radius 3 is 2.29 bits per heavy atom. The van der Waals surface area contributed by atoms with Crippen molar-refractivity contribution in [3.8, 4) is 0 Å². The van der Waals surface area contributed by atoms with Crippen molar-refractivity contribution < 1.29 is 9.47 Å². The third-order valence-electron chi connectivity index (χ3n) is 2.98. The first-order valence-corrected chi connectivity index (χ1v) is 7.65. The molecule has 1 aliphatic heterocycles. The summed E-state index contributed by atoms with van der Waals surface area (Å²) in [5, 5.41) is 0. The van der Waals surface area contributed by atoms with Gasteiger partial charge in [0.1, 0.15) is 0 Å². The van der Waals surface area contributed by atoms with Gasteiger partial charge in [-0.05, 0) is 12.0 Å². The van der Waals surface area contributed by atoms with Crippen LogP contribution in [0.5, 0.6) is 0 Å². The van der Waals surface area contributed by atoms with Crippen LogP contribution in [-0.2, 0) is 9.47 Å². The Morgan fingerprint density at radius 1 is 1.18 bits per heavy atom. The first-order valence-electron chi connectivity index (χ1n) is 5.81. The fourth-order valence-corrected chi connectivity index (χ4v) is 3.84. The van der Waals surface area contributed by atoms with Gasteiger partial charge in [0.05, 0.1) is 22.9 Å². The highest BCUT2D eigenvalue weighted by Crippen LogP contribution is 2.45. The molecular formula is C13H16Br2O2. The Bertz CT molecular complexity index is 350. The molecule has 0 N–H and O–H groups in total. The SMILES string of the molecule is CCC(Br)C1(C(Br)c2ccccc2)OCCO1. The van der Waals surface area contributed by atoms with E-state index in [1.165, 1.54) is 5.56 Å². The van der Waals surface area contributed by atoms with E-state index in [9.17, 15) is 0 Å². The van der Waals surface area contributed by atoms with E-state index in [-0.39, 0.29) is 9.65 Å². The highest BCUT2D eigenvalue weighted by atomic mass is 79.9. The van der Waals surface area contributed by atoms with Gasteiger partial charge >= 0.3 is 0 Å². The third kappa shape index (κ3) is 2.60.